The monoisotopic (exact) mass is 256 g/mol. The summed E-state index contributed by atoms with van der Waals surface area (Å²) in [4.78, 5) is 7.91. The van der Waals surface area contributed by atoms with Gasteiger partial charge >= 0.3 is 0 Å². The summed E-state index contributed by atoms with van der Waals surface area (Å²) in [6, 6.07) is 6.21. The highest BCUT2D eigenvalue weighted by Crippen LogP contribution is 2.33. The number of benzene rings is 1. The summed E-state index contributed by atoms with van der Waals surface area (Å²) in [6.07, 6.45) is 0. The van der Waals surface area contributed by atoms with E-state index in [1.807, 2.05) is 0 Å². The first kappa shape index (κ1) is 11.3. The third kappa shape index (κ3) is 2.01. The quantitative estimate of drug-likeness (QED) is 0.724. The standard InChI is InChI=1S/C11H7Cl2FN2/c1-6-15-10(12)9(11(13)16-6)7-4-2-3-5-8(7)14/h2-5H,1H3. The summed E-state index contributed by atoms with van der Waals surface area (Å²) in [7, 11) is 0. The second-order valence-electron chi connectivity index (χ2n) is 3.21. The van der Waals surface area contributed by atoms with Crippen LogP contribution in [0, 0.1) is 12.7 Å². The first-order chi connectivity index (χ1) is 7.59. The van der Waals surface area contributed by atoms with E-state index in [1.165, 1.54) is 6.07 Å². The Balaban J connectivity index is 2.70. The molecule has 82 valence electrons. The van der Waals surface area contributed by atoms with Gasteiger partial charge in [-0.15, -0.1) is 0 Å². The normalized spacial score (nSPS) is 10.5. The number of hydrogen-bond acceptors (Lipinski definition) is 2. The Bertz CT molecular complexity index is 520. The molecule has 0 saturated heterocycles. The zero-order valence-electron chi connectivity index (χ0n) is 8.34. The van der Waals surface area contributed by atoms with Gasteiger partial charge in [0.15, 0.2) is 0 Å². The highest BCUT2D eigenvalue weighted by atomic mass is 35.5. The Morgan fingerprint density at radius 3 is 2.19 bits per heavy atom. The Morgan fingerprint density at radius 1 is 1.06 bits per heavy atom. The van der Waals surface area contributed by atoms with Gasteiger partial charge in [0.25, 0.3) is 0 Å². The maximum absolute atomic E-state index is 13.6. The lowest BCUT2D eigenvalue weighted by molar-refractivity contribution is 0.631. The third-order valence-corrected chi connectivity index (χ3v) is 2.62. The van der Waals surface area contributed by atoms with E-state index in [2.05, 4.69) is 9.97 Å². The van der Waals surface area contributed by atoms with Gasteiger partial charge in [0.2, 0.25) is 0 Å². The van der Waals surface area contributed by atoms with Crippen molar-refractivity contribution in [1.29, 1.82) is 0 Å². The zero-order valence-corrected chi connectivity index (χ0v) is 9.85. The molecule has 2 aromatic rings. The minimum atomic E-state index is -0.404. The smallest absolute Gasteiger partial charge is 0.142 e. The maximum Gasteiger partial charge on any atom is 0.142 e. The second-order valence-corrected chi connectivity index (χ2v) is 3.92. The molecule has 5 heteroatoms. The van der Waals surface area contributed by atoms with Gasteiger partial charge in [-0.1, -0.05) is 41.4 Å². The van der Waals surface area contributed by atoms with E-state index in [4.69, 9.17) is 23.2 Å². The minimum absolute atomic E-state index is 0.155. The van der Waals surface area contributed by atoms with E-state index in [0.29, 0.717) is 17.0 Å². The topological polar surface area (TPSA) is 25.8 Å². The molecule has 0 N–H and O–H groups in total. The summed E-state index contributed by atoms with van der Waals surface area (Å²) in [5.74, 6) is 0.0499. The number of nitrogens with zero attached hydrogens (tertiary/aromatic N) is 2. The molecule has 0 radical (unpaired) electrons. The molecule has 0 amide bonds. The average Bonchev–Trinajstić information content (AvgIpc) is 2.19. The molecule has 0 aliphatic carbocycles. The average molecular weight is 257 g/mol. The van der Waals surface area contributed by atoms with Crippen molar-refractivity contribution < 1.29 is 4.39 Å². The SMILES string of the molecule is Cc1nc(Cl)c(-c2ccccc2F)c(Cl)n1. The van der Waals surface area contributed by atoms with Crippen molar-refractivity contribution in [2.75, 3.05) is 0 Å². The molecule has 0 aliphatic rings. The molecule has 1 heterocycles. The molecular weight excluding hydrogens is 250 g/mol. The fourth-order valence-electron chi connectivity index (χ4n) is 1.39. The number of rotatable bonds is 1. The van der Waals surface area contributed by atoms with E-state index in [9.17, 15) is 4.39 Å². The van der Waals surface area contributed by atoms with Crippen LogP contribution in [0.1, 0.15) is 5.82 Å². The first-order valence-corrected chi connectivity index (χ1v) is 5.29. The molecule has 0 bridgehead atoms. The van der Waals surface area contributed by atoms with Gasteiger partial charge in [0.05, 0.1) is 5.56 Å². The summed E-state index contributed by atoms with van der Waals surface area (Å²) in [5.41, 5.74) is 0.629. The van der Waals surface area contributed by atoms with Gasteiger partial charge in [0, 0.05) is 5.56 Å². The van der Waals surface area contributed by atoms with Crippen molar-refractivity contribution in [1.82, 2.24) is 9.97 Å². The van der Waals surface area contributed by atoms with Crippen LogP contribution in [0.25, 0.3) is 11.1 Å². The van der Waals surface area contributed by atoms with Crippen LogP contribution in [-0.2, 0) is 0 Å². The lowest BCUT2D eigenvalue weighted by atomic mass is 10.1. The largest absolute Gasteiger partial charge is 0.221 e. The minimum Gasteiger partial charge on any atom is -0.221 e. The first-order valence-electron chi connectivity index (χ1n) is 4.54. The van der Waals surface area contributed by atoms with Crippen LogP contribution in [0.15, 0.2) is 24.3 Å². The van der Waals surface area contributed by atoms with Crippen LogP contribution in [-0.4, -0.2) is 9.97 Å². The summed E-state index contributed by atoms with van der Waals surface area (Å²) in [6.45, 7) is 1.67. The van der Waals surface area contributed by atoms with Crippen LogP contribution in [0.2, 0.25) is 10.3 Å². The van der Waals surface area contributed by atoms with Crippen molar-refractivity contribution in [2.45, 2.75) is 6.92 Å². The van der Waals surface area contributed by atoms with E-state index < -0.39 is 5.82 Å². The number of aromatic nitrogens is 2. The molecular formula is C11H7Cl2FN2. The van der Waals surface area contributed by atoms with Gasteiger partial charge in [-0.05, 0) is 13.0 Å². The number of aryl methyl sites for hydroxylation is 1. The zero-order chi connectivity index (χ0) is 11.7. The summed E-state index contributed by atoms with van der Waals surface area (Å²) < 4.78 is 13.6. The second kappa shape index (κ2) is 4.36. The van der Waals surface area contributed by atoms with Gasteiger partial charge in [-0.2, -0.15) is 0 Å². The molecule has 0 saturated carbocycles. The van der Waals surface area contributed by atoms with E-state index >= 15 is 0 Å². The predicted octanol–water partition coefficient (Wildman–Crippen LogP) is 3.90. The Labute approximate surface area is 102 Å². The van der Waals surface area contributed by atoms with Crippen LogP contribution in [0.3, 0.4) is 0 Å². The van der Waals surface area contributed by atoms with E-state index in [1.54, 1.807) is 25.1 Å². The van der Waals surface area contributed by atoms with Crippen LogP contribution in [0.4, 0.5) is 4.39 Å². The van der Waals surface area contributed by atoms with Gasteiger partial charge in [-0.3, -0.25) is 0 Å². The summed E-state index contributed by atoms with van der Waals surface area (Å²) in [5, 5.41) is 0.310. The predicted molar refractivity (Wildman–Crippen MR) is 62.2 cm³/mol. The third-order valence-electron chi connectivity index (χ3n) is 2.08. The Morgan fingerprint density at radius 2 is 1.62 bits per heavy atom. The van der Waals surface area contributed by atoms with Crippen LogP contribution >= 0.6 is 23.2 Å². The van der Waals surface area contributed by atoms with Gasteiger partial charge in [-0.25, -0.2) is 14.4 Å². The van der Waals surface area contributed by atoms with Crippen molar-refractivity contribution in [3.63, 3.8) is 0 Å². The van der Waals surface area contributed by atoms with Gasteiger partial charge < -0.3 is 0 Å². The molecule has 1 aromatic heterocycles. The lowest BCUT2D eigenvalue weighted by Gasteiger charge is -2.07. The molecule has 0 fully saturated rings. The molecule has 0 aliphatic heterocycles. The molecule has 0 atom stereocenters. The van der Waals surface area contributed by atoms with Crippen molar-refractivity contribution >= 4 is 23.2 Å². The fraction of sp³-hybridized carbons (Fsp3) is 0.0909. The highest BCUT2D eigenvalue weighted by Gasteiger charge is 2.15. The molecule has 16 heavy (non-hydrogen) atoms. The van der Waals surface area contributed by atoms with Crippen LogP contribution in [0.5, 0.6) is 0 Å². The fourth-order valence-corrected chi connectivity index (χ4v) is 2.07. The highest BCUT2D eigenvalue weighted by molar-refractivity contribution is 6.37. The van der Waals surface area contributed by atoms with Gasteiger partial charge in [0.1, 0.15) is 21.9 Å². The van der Waals surface area contributed by atoms with Crippen molar-refractivity contribution in [3.8, 4) is 11.1 Å². The maximum atomic E-state index is 13.6. The Kier molecular flexibility index (Phi) is 3.08. The molecule has 2 nitrogen and oxygen atoms in total. The summed E-state index contributed by atoms with van der Waals surface area (Å²) >= 11 is 11.9. The van der Waals surface area contributed by atoms with Crippen molar-refractivity contribution in [2.24, 2.45) is 0 Å². The Hall–Kier alpha value is -1.19. The van der Waals surface area contributed by atoms with Crippen LogP contribution < -0.4 is 0 Å². The van der Waals surface area contributed by atoms with Crippen molar-refractivity contribution in [3.05, 3.63) is 46.2 Å². The lowest BCUT2D eigenvalue weighted by Crippen LogP contribution is -1.95. The molecule has 0 spiro atoms. The number of halogens is 3. The molecule has 0 unspecified atom stereocenters. The molecule has 1 aromatic carbocycles. The van der Waals surface area contributed by atoms with E-state index in [-0.39, 0.29) is 10.3 Å². The number of hydrogen-bond donors (Lipinski definition) is 0. The van der Waals surface area contributed by atoms with E-state index in [0.717, 1.165) is 0 Å². The molecule has 2 rings (SSSR count).